The topological polar surface area (TPSA) is 111 Å². The summed E-state index contributed by atoms with van der Waals surface area (Å²) in [6.45, 7) is 4.35. The Morgan fingerprint density at radius 3 is 0.976 bits per heavy atom. The fraction of sp³-hybridized carbons (Fsp3) is 0.487. The van der Waals surface area contributed by atoms with Crippen molar-refractivity contribution >= 4 is 17.9 Å². The third kappa shape index (κ3) is 65.0. The second-order valence-corrected chi connectivity index (χ2v) is 21.2. The van der Waals surface area contributed by atoms with Crippen molar-refractivity contribution in [3.8, 4) is 0 Å². The molecular formula is C76H113NO8. The third-order valence-corrected chi connectivity index (χ3v) is 12.2. The Balaban J connectivity index is 4.35. The van der Waals surface area contributed by atoms with Gasteiger partial charge in [-0.25, -0.2) is 0 Å². The molecule has 0 aliphatic heterocycles. The molecule has 0 saturated carbocycles. The Labute approximate surface area is 517 Å². The zero-order valence-electron chi connectivity index (χ0n) is 53.4. The van der Waals surface area contributed by atoms with Crippen molar-refractivity contribution in [3.05, 3.63) is 219 Å². The molecule has 0 bridgehead atoms. The van der Waals surface area contributed by atoms with Crippen LogP contribution in [0.4, 0.5) is 0 Å². The number of rotatable bonds is 55. The molecule has 0 aliphatic carbocycles. The lowest BCUT2D eigenvalue weighted by Gasteiger charge is -2.26. The normalized spacial score (nSPS) is 14.2. The van der Waals surface area contributed by atoms with Crippen LogP contribution in [0.1, 0.15) is 181 Å². The van der Waals surface area contributed by atoms with Crippen molar-refractivity contribution in [2.45, 2.75) is 193 Å². The summed E-state index contributed by atoms with van der Waals surface area (Å²) in [6.07, 6.45) is 98.8. The Kier molecular flexibility index (Phi) is 58.8. The maximum atomic E-state index is 12.9. The number of hydrogen-bond donors (Lipinski definition) is 0. The van der Waals surface area contributed by atoms with E-state index in [-0.39, 0.29) is 32.7 Å². The summed E-state index contributed by atoms with van der Waals surface area (Å²) in [5, 5.41) is 11.8. The molecule has 0 aromatic carbocycles. The molecule has 0 radical (unpaired) electrons. The molecule has 9 heteroatoms. The minimum absolute atomic E-state index is 0.118. The maximum absolute atomic E-state index is 12.9. The first-order chi connectivity index (χ1) is 41.6. The second kappa shape index (κ2) is 63.6. The number of unbranched alkanes of at least 4 members (excludes halogenated alkanes) is 4. The lowest BCUT2D eigenvalue weighted by atomic mass is 10.1. The Morgan fingerprint density at radius 2 is 0.659 bits per heavy atom. The number of carbonyl (C=O) groups excluding carboxylic acids is 3. The first-order valence-corrected chi connectivity index (χ1v) is 31.9. The fourth-order valence-electron chi connectivity index (χ4n) is 7.42. The number of hydrogen-bond acceptors (Lipinski definition) is 8. The van der Waals surface area contributed by atoms with Crippen molar-refractivity contribution in [3.63, 3.8) is 0 Å². The highest BCUT2D eigenvalue weighted by atomic mass is 16.7. The number of nitrogens with zero attached hydrogens (tertiary/aromatic N) is 1. The molecule has 0 saturated heterocycles. The summed E-state index contributed by atoms with van der Waals surface area (Å²) in [6, 6.07) is 0. The highest BCUT2D eigenvalue weighted by Gasteiger charge is 2.21. The molecule has 9 nitrogen and oxygen atoms in total. The van der Waals surface area contributed by atoms with Gasteiger partial charge in [0.15, 0.2) is 12.4 Å². The fourth-order valence-corrected chi connectivity index (χ4v) is 7.42. The van der Waals surface area contributed by atoms with E-state index in [4.69, 9.17) is 18.9 Å². The van der Waals surface area contributed by atoms with E-state index in [1.807, 2.05) is 33.3 Å². The second-order valence-electron chi connectivity index (χ2n) is 21.2. The molecule has 0 fully saturated rings. The standard InChI is InChI=1S/C76H113NO8/c1-6-8-10-12-14-16-18-20-22-24-26-27-28-29-30-31-32-33-34-35-36-37-38-39-40-41-42-43-44-45-46-47-49-51-53-55-57-59-61-63-65-67-74(79)85-72(71-84-76(75(80)81)82-69-68-77(3,4)5)70-83-73(78)66-64-62-60-58-56-54-52-50-48-25-23-21-19-17-15-13-11-9-7-2/h8-11,14-17,20-23,26-27,29-30,32-33,35-36,38-39,41-42,44-45,47-50,53-56,60,62,72,76H,6-7,12-13,18-19,24-25,28,31,34,37,40,43,46,51-52,57-59,61,63-71H2,1-5H3/b10-8-,11-9-,16-14-,17-15-,22-20-,23-21-,27-26-,30-29-,33-32-,36-35-,39-38-,42-41-,45-44-,49-47-,50-48-,55-53-,56-54-,62-60-. The Morgan fingerprint density at radius 1 is 0.353 bits per heavy atom. The summed E-state index contributed by atoms with van der Waals surface area (Å²) >= 11 is 0. The summed E-state index contributed by atoms with van der Waals surface area (Å²) in [5.41, 5.74) is 0. The van der Waals surface area contributed by atoms with Gasteiger partial charge in [-0.15, -0.1) is 0 Å². The van der Waals surface area contributed by atoms with Gasteiger partial charge < -0.3 is 33.3 Å². The molecule has 2 unspecified atom stereocenters. The average molecular weight is 1170 g/mol. The molecule has 470 valence electrons. The van der Waals surface area contributed by atoms with Gasteiger partial charge in [0.2, 0.25) is 0 Å². The van der Waals surface area contributed by atoms with E-state index in [2.05, 4.69) is 220 Å². The highest BCUT2D eigenvalue weighted by Crippen LogP contribution is 2.11. The van der Waals surface area contributed by atoms with E-state index in [1.165, 1.54) is 0 Å². The minimum Gasteiger partial charge on any atom is -0.545 e. The van der Waals surface area contributed by atoms with E-state index in [0.717, 1.165) is 141 Å². The van der Waals surface area contributed by atoms with Crippen LogP contribution in [-0.2, 0) is 33.3 Å². The number of likely N-dealkylation sites (N-methyl/N-ethyl adjacent to an activating group) is 1. The SMILES string of the molecule is CC/C=C\C/C=C\C/C=C\C/C=C\C/C=C\C/C=C\C/C=C\C/C=C\C/C=C\C/C=C\C/C=C\C/C=C\CCCCCCC(=O)OC(COC(=O)CC/C=C\C/C=C\C/C=C\C/C=C\C/C=C\C/C=C\CC)COC(OCC[N+](C)(C)C)C(=O)[O-]. The van der Waals surface area contributed by atoms with Gasteiger partial charge in [0.1, 0.15) is 13.2 Å². The summed E-state index contributed by atoms with van der Waals surface area (Å²) in [4.78, 5) is 37.3. The number of carbonyl (C=O) groups is 3. The predicted octanol–water partition coefficient (Wildman–Crippen LogP) is 18.5. The lowest BCUT2D eigenvalue weighted by Crippen LogP contribution is -2.44. The Hall–Kier alpha value is -6.39. The van der Waals surface area contributed by atoms with Gasteiger partial charge in [0.25, 0.3) is 0 Å². The quantitative estimate of drug-likeness (QED) is 0.0195. The average Bonchev–Trinajstić information content (AvgIpc) is 3.49. The minimum atomic E-state index is -1.66. The number of quaternary nitrogens is 1. The van der Waals surface area contributed by atoms with Gasteiger partial charge in [0, 0.05) is 12.8 Å². The smallest absolute Gasteiger partial charge is 0.306 e. The molecule has 85 heavy (non-hydrogen) atoms. The van der Waals surface area contributed by atoms with Gasteiger partial charge in [0.05, 0.1) is 40.3 Å². The predicted molar refractivity (Wildman–Crippen MR) is 360 cm³/mol. The van der Waals surface area contributed by atoms with Gasteiger partial charge in [-0.05, 0) is 141 Å². The van der Waals surface area contributed by atoms with Crippen LogP contribution in [0.3, 0.4) is 0 Å². The third-order valence-electron chi connectivity index (χ3n) is 12.2. The van der Waals surface area contributed by atoms with Crippen molar-refractivity contribution in [2.24, 2.45) is 0 Å². The molecule has 0 aliphatic rings. The zero-order valence-corrected chi connectivity index (χ0v) is 53.4. The van der Waals surface area contributed by atoms with Gasteiger partial charge in [-0.3, -0.25) is 9.59 Å². The van der Waals surface area contributed by atoms with Gasteiger partial charge in [-0.1, -0.05) is 245 Å². The van der Waals surface area contributed by atoms with E-state index < -0.39 is 30.3 Å². The molecule has 2 atom stereocenters. The number of aliphatic carboxylic acids is 1. The number of allylic oxidation sites excluding steroid dienone is 36. The van der Waals surface area contributed by atoms with E-state index >= 15 is 0 Å². The summed E-state index contributed by atoms with van der Waals surface area (Å²) in [7, 11) is 5.87. The first kappa shape index (κ1) is 78.6. The number of esters is 2. The molecule has 0 heterocycles. The van der Waals surface area contributed by atoms with Crippen LogP contribution in [0.2, 0.25) is 0 Å². The van der Waals surface area contributed by atoms with Crippen LogP contribution >= 0.6 is 0 Å². The maximum Gasteiger partial charge on any atom is 0.306 e. The molecule has 0 aromatic rings. The number of carboxylic acid groups (broad SMARTS) is 1. The summed E-state index contributed by atoms with van der Waals surface area (Å²) in [5.74, 6) is -2.46. The molecular weight excluding hydrogens is 1050 g/mol. The molecule has 0 amide bonds. The zero-order chi connectivity index (χ0) is 61.9. The molecule has 0 N–H and O–H groups in total. The highest BCUT2D eigenvalue weighted by molar-refractivity contribution is 5.70. The van der Waals surface area contributed by atoms with Crippen LogP contribution in [0.25, 0.3) is 0 Å². The van der Waals surface area contributed by atoms with Crippen LogP contribution in [0.5, 0.6) is 0 Å². The van der Waals surface area contributed by atoms with Crippen molar-refractivity contribution in [1.29, 1.82) is 0 Å². The Bertz CT molecular complexity index is 2190. The van der Waals surface area contributed by atoms with Crippen LogP contribution < -0.4 is 5.11 Å². The largest absolute Gasteiger partial charge is 0.545 e. The molecule has 0 aromatic heterocycles. The van der Waals surface area contributed by atoms with Gasteiger partial charge >= 0.3 is 11.9 Å². The van der Waals surface area contributed by atoms with E-state index in [0.29, 0.717) is 23.9 Å². The monoisotopic (exact) mass is 1170 g/mol. The summed E-state index contributed by atoms with van der Waals surface area (Å²) < 4.78 is 22.6. The van der Waals surface area contributed by atoms with E-state index in [1.54, 1.807) is 0 Å². The van der Waals surface area contributed by atoms with E-state index in [9.17, 15) is 19.5 Å². The number of ether oxygens (including phenoxy) is 4. The van der Waals surface area contributed by atoms with Crippen LogP contribution in [-0.4, -0.2) is 82.3 Å². The van der Waals surface area contributed by atoms with Crippen molar-refractivity contribution < 1.29 is 42.9 Å². The molecule has 0 spiro atoms. The van der Waals surface area contributed by atoms with Crippen molar-refractivity contribution in [1.82, 2.24) is 0 Å². The first-order valence-electron chi connectivity index (χ1n) is 31.9. The van der Waals surface area contributed by atoms with Crippen molar-refractivity contribution in [2.75, 3.05) is 47.5 Å². The van der Waals surface area contributed by atoms with Gasteiger partial charge in [-0.2, -0.15) is 0 Å². The molecule has 0 rings (SSSR count). The van der Waals surface area contributed by atoms with Crippen LogP contribution in [0, 0.1) is 0 Å². The lowest BCUT2D eigenvalue weighted by molar-refractivity contribution is -0.870. The van der Waals surface area contributed by atoms with Crippen LogP contribution in [0.15, 0.2) is 219 Å². The number of carboxylic acids is 1.